The number of nitrogens with one attached hydrogen (secondary N) is 1. The summed E-state index contributed by atoms with van der Waals surface area (Å²) in [5, 5.41) is 3.33. The predicted octanol–water partition coefficient (Wildman–Crippen LogP) is 1.90. The second-order valence-electron chi connectivity index (χ2n) is 7.69. The van der Waals surface area contributed by atoms with Crippen molar-refractivity contribution >= 4 is 11.9 Å². The Balaban J connectivity index is 1.62. The third-order valence-electron chi connectivity index (χ3n) is 5.40. The van der Waals surface area contributed by atoms with Gasteiger partial charge >= 0.3 is 11.9 Å². The molecule has 0 aliphatic heterocycles. The molecule has 0 aromatic heterocycles. The van der Waals surface area contributed by atoms with Gasteiger partial charge in [0, 0.05) is 18.5 Å². The maximum absolute atomic E-state index is 12.0. The van der Waals surface area contributed by atoms with E-state index in [2.05, 4.69) is 12.2 Å². The molecule has 0 bridgehead atoms. The zero-order valence-corrected chi connectivity index (χ0v) is 15.0. The molecule has 0 amide bonds. The highest BCUT2D eigenvalue weighted by Crippen LogP contribution is 2.29. The number of carbonyl (C=O) groups excluding carboxylic acids is 2. The lowest BCUT2D eigenvalue weighted by molar-refractivity contribution is -0.148. The van der Waals surface area contributed by atoms with Gasteiger partial charge in [-0.25, -0.2) is 0 Å². The van der Waals surface area contributed by atoms with Crippen molar-refractivity contribution in [2.75, 3.05) is 13.2 Å². The summed E-state index contributed by atoms with van der Waals surface area (Å²) in [5.41, 5.74) is 5.80. The van der Waals surface area contributed by atoms with E-state index in [1.54, 1.807) is 0 Å². The van der Waals surface area contributed by atoms with E-state index in [-0.39, 0.29) is 30.1 Å². The lowest BCUT2D eigenvalue weighted by Crippen LogP contribution is -2.48. The Labute approximate surface area is 144 Å². The summed E-state index contributed by atoms with van der Waals surface area (Å²) < 4.78 is 10.7. The smallest absolute Gasteiger partial charge is 0.319 e. The second kappa shape index (κ2) is 8.81. The molecule has 3 N–H and O–H groups in total. The van der Waals surface area contributed by atoms with Gasteiger partial charge in [-0.15, -0.1) is 0 Å². The molecule has 0 saturated heterocycles. The van der Waals surface area contributed by atoms with Gasteiger partial charge in [0.2, 0.25) is 0 Å². The highest BCUT2D eigenvalue weighted by Gasteiger charge is 2.32. The van der Waals surface area contributed by atoms with Crippen LogP contribution < -0.4 is 11.1 Å². The average Bonchev–Trinajstić information content (AvgIpc) is 2.55. The molecule has 2 fully saturated rings. The first-order valence-corrected chi connectivity index (χ1v) is 9.20. The fraction of sp³-hybridized carbons (Fsp3) is 0.889. The van der Waals surface area contributed by atoms with Crippen molar-refractivity contribution in [3.05, 3.63) is 0 Å². The molecule has 6 nitrogen and oxygen atoms in total. The van der Waals surface area contributed by atoms with E-state index in [4.69, 9.17) is 15.2 Å². The van der Waals surface area contributed by atoms with Crippen molar-refractivity contribution in [3.63, 3.8) is 0 Å². The molecule has 0 atom stereocenters. The summed E-state index contributed by atoms with van der Waals surface area (Å²) >= 11 is 0. The monoisotopic (exact) mass is 340 g/mol. The lowest BCUT2D eigenvalue weighted by atomic mass is 9.82. The number of ether oxygens (including phenoxy) is 2. The summed E-state index contributed by atoms with van der Waals surface area (Å²) in [7, 11) is 0. The number of rotatable bonds is 6. The molecule has 0 radical (unpaired) electrons. The van der Waals surface area contributed by atoms with E-state index < -0.39 is 0 Å². The van der Waals surface area contributed by atoms with Crippen LogP contribution >= 0.6 is 0 Å². The minimum absolute atomic E-state index is 0.0157. The van der Waals surface area contributed by atoms with Crippen LogP contribution in [0.25, 0.3) is 0 Å². The Morgan fingerprint density at radius 3 is 2.33 bits per heavy atom. The van der Waals surface area contributed by atoms with Gasteiger partial charge in [-0.05, 0) is 64.2 Å². The van der Waals surface area contributed by atoms with Gasteiger partial charge in [-0.3, -0.25) is 9.59 Å². The van der Waals surface area contributed by atoms with Crippen LogP contribution in [0, 0.1) is 5.92 Å². The van der Waals surface area contributed by atoms with Crippen LogP contribution in [0.3, 0.4) is 0 Å². The van der Waals surface area contributed by atoms with Gasteiger partial charge in [-0.2, -0.15) is 0 Å². The molecule has 0 unspecified atom stereocenters. The predicted molar refractivity (Wildman–Crippen MR) is 91.3 cm³/mol. The Morgan fingerprint density at radius 1 is 1.12 bits per heavy atom. The van der Waals surface area contributed by atoms with Crippen LogP contribution in [-0.2, 0) is 19.1 Å². The lowest BCUT2D eigenvalue weighted by Gasteiger charge is -2.37. The fourth-order valence-corrected chi connectivity index (χ4v) is 3.66. The molecular weight excluding hydrogens is 308 g/mol. The largest absolute Gasteiger partial charge is 0.464 e. The van der Waals surface area contributed by atoms with E-state index in [1.165, 1.54) is 6.92 Å². The Kier molecular flexibility index (Phi) is 7.04. The van der Waals surface area contributed by atoms with Crippen molar-refractivity contribution in [1.29, 1.82) is 0 Å². The van der Waals surface area contributed by atoms with Crippen LogP contribution in [0.2, 0.25) is 0 Å². The van der Waals surface area contributed by atoms with Gasteiger partial charge in [-0.1, -0.05) is 0 Å². The topological polar surface area (TPSA) is 90.6 Å². The van der Waals surface area contributed by atoms with Crippen molar-refractivity contribution < 1.29 is 19.1 Å². The number of hydrogen-bond donors (Lipinski definition) is 2. The number of esters is 2. The molecule has 2 aliphatic rings. The maximum atomic E-state index is 12.0. The molecule has 24 heavy (non-hydrogen) atoms. The highest BCUT2D eigenvalue weighted by atomic mass is 16.5. The number of carbonyl (C=O) groups is 2. The van der Waals surface area contributed by atoms with Crippen LogP contribution in [0.5, 0.6) is 0 Å². The third-order valence-corrected chi connectivity index (χ3v) is 5.40. The Hall–Kier alpha value is -1.14. The molecule has 0 aromatic rings. The summed E-state index contributed by atoms with van der Waals surface area (Å²) in [6.07, 6.45) is 7.62. The molecule has 0 heterocycles. The van der Waals surface area contributed by atoms with Gasteiger partial charge < -0.3 is 20.5 Å². The van der Waals surface area contributed by atoms with Crippen LogP contribution in [0.1, 0.15) is 65.2 Å². The third kappa shape index (κ3) is 6.40. The average molecular weight is 340 g/mol. The van der Waals surface area contributed by atoms with E-state index in [9.17, 15) is 9.59 Å². The molecule has 2 rings (SSSR count). The van der Waals surface area contributed by atoms with Gasteiger partial charge in [0.15, 0.2) is 0 Å². The van der Waals surface area contributed by atoms with Crippen LogP contribution in [0.15, 0.2) is 0 Å². The molecule has 2 saturated carbocycles. The van der Waals surface area contributed by atoms with E-state index in [0.29, 0.717) is 18.6 Å². The zero-order chi connectivity index (χ0) is 17.6. The first kappa shape index (κ1) is 19.2. The molecule has 6 heteroatoms. The normalized spacial score (nSPS) is 33.7. The van der Waals surface area contributed by atoms with Crippen LogP contribution in [0.4, 0.5) is 0 Å². The second-order valence-corrected chi connectivity index (χ2v) is 7.69. The highest BCUT2D eigenvalue weighted by molar-refractivity contribution is 5.71. The summed E-state index contributed by atoms with van der Waals surface area (Å²) in [4.78, 5) is 23.0. The zero-order valence-electron chi connectivity index (χ0n) is 15.0. The minimum Gasteiger partial charge on any atom is -0.464 e. The van der Waals surface area contributed by atoms with E-state index in [0.717, 1.165) is 51.4 Å². The summed E-state index contributed by atoms with van der Waals surface area (Å²) in [6, 6.07) is 0.320. The number of nitrogens with two attached hydrogens (primary N) is 1. The molecule has 0 spiro atoms. The van der Waals surface area contributed by atoms with Crippen molar-refractivity contribution in [3.8, 4) is 0 Å². The van der Waals surface area contributed by atoms with Gasteiger partial charge in [0.25, 0.3) is 0 Å². The summed E-state index contributed by atoms with van der Waals surface area (Å²) in [6.45, 7) is 4.31. The van der Waals surface area contributed by atoms with Crippen molar-refractivity contribution in [2.24, 2.45) is 11.7 Å². The molecule has 138 valence electrons. The van der Waals surface area contributed by atoms with Gasteiger partial charge in [0.1, 0.15) is 6.10 Å². The Bertz CT molecular complexity index is 425. The van der Waals surface area contributed by atoms with Crippen LogP contribution in [-0.4, -0.2) is 42.8 Å². The van der Waals surface area contributed by atoms with Gasteiger partial charge in [0.05, 0.1) is 13.2 Å². The van der Waals surface area contributed by atoms with Crippen molar-refractivity contribution in [1.82, 2.24) is 5.32 Å². The minimum atomic E-state index is -0.219. The molecular formula is C18H32N2O4. The van der Waals surface area contributed by atoms with E-state index in [1.807, 2.05) is 0 Å². The van der Waals surface area contributed by atoms with Crippen molar-refractivity contribution in [2.45, 2.75) is 82.9 Å². The van der Waals surface area contributed by atoms with E-state index >= 15 is 0 Å². The quantitative estimate of drug-likeness (QED) is 0.718. The Morgan fingerprint density at radius 2 is 1.75 bits per heavy atom. The fourth-order valence-electron chi connectivity index (χ4n) is 3.66. The maximum Gasteiger partial charge on any atom is 0.319 e. The first-order valence-electron chi connectivity index (χ1n) is 9.20. The molecule has 0 aromatic carbocycles. The number of hydrogen-bond acceptors (Lipinski definition) is 6. The molecule has 2 aliphatic carbocycles. The standard InChI is InChI=1S/C18H32N2O4/c1-13(21)24-16-7-9-18(2,10-8-16)20-11-17(22)23-12-14-3-5-15(19)6-4-14/h14-16,20H,3-12,19H2,1-2H3/t14-,15-,16?,18?. The SMILES string of the molecule is CC(=O)OC1CCC(C)(NCC(=O)OC[C@H]2CC[C@H](N)CC2)CC1. The first-order chi connectivity index (χ1) is 11.4. The summed E-state index contributed by atoms with van der Waals surface area (Å²) in [5.74, 6) is 0.0560.